The highest BCUT2D eigenvalue weighted by Crippen LogP contribution is 2.24. The largest absolute Gasteiger partial charge is 0.411 e. The fraction of sp³-hybridized carbons (Fsp3) is 1.00. The van der Waals surface area contributed by atoms with Crippen LogP contribution in [0.15, 0.2) is 0 Å². The zero-order valence-electron chi connectivity index (χ0n) is 12.0. The third kappa shape index (κ3) is 10.2. The van der Waals surface area contributed by atoms with Crippen LogP contribution in [0.2, 0.25) is 0 Å². The van der Waals surface area contributed by atoms with Gasteiger partial charge in [-0.05, 0) is 12.8 Å². The van der Waals surface area contributed by atoms with E-state index in [1.165, 1.54) is 0 Å². The third-order valence-corrected chi connectivity index (χ3v) is 3.09. The van der Waals surface area contributed by atoms with Crippen LogP contribution in [-0.4, -0.2) is 38.1 Å². The van der Waals surface area contributed by atoms with Gasteiger partial charge in [0.2, 0.25) is 0 Å². The van der Waals surface area contributed by atoms with Crippen LogP contribution in [0.5, 0.6) is 0 Å². The third-order valence-electron chi connectivity index (χ3n) is 3.09. The van der Waals surface area contributed by atoms with E-state index >= 15 is 0 Å². The summed E-state index contributed by atoms with van der Waals surface area (Å²) in [6, 6.07) is 0. The minimum absolute atomic E-state index is 0.125. The first-order valence-corrected chi connectivity index (χ1v) is 7.18. The van der Waals surface area contributed by atoms with E-state index in [1.807, 2.05) is 0 Å². The number of unbranched alkanes of at least 4 members (excludes halogenated alkanes) is 4. The summed E-state index contributed by atoms with van der Waals surface area (Å²) >= 11 is 0. The molecule has 9 heteroatoms. The molecule has 22 heavy (non-hydrogen) atoms. The van der Waals surface area contributed by atoms with Gasteiger partial charge >= 0.3 is 12.4 Å². The van der Waals surface area contributed by atoms with Gasteiger partial charge in [-0.3, -0.25) is 0 Å². The quantitative estimate of drug-likeness (QED) is 0.456. The molecule has 0 radical (unpaired) electrons. The molecule has 1 heterocycles. The fourth-order valence-corrected chi connectivity index (χ4v) is 2.05. The van der Waals surface area contributed by atoms with Gasteiger partial charge in [-0.15, -0.1) is 0 Å². The molecule has 0 bridgehead atoms. The molecule has 0 N–H and O–H groups in total. The Balaban J connectivity index is 1.96. The normalized spacial score (nSPS) is 23.2. The van der Waals surface area contributed by atoms with Crippen molar-refractivity contribution in [3.05, 3.63) is 0 Å². The lowest BCUT2D eigenvalue weighted by molar-refractivity contribution is -0.282. The van der Waals surface area contributed by atoms with Gasteiger partial charge in [0.25, 0.3) is 6.48 Å². The van der Waals surface area contributed by atoms with E-state index in [-0.39, 0.29) is 19.1 Å². The molecule has 1 rings (SSSR count). The molecule has 1 saturated heterocycles. The summed E-state index contributed by atoms with van der Waals surface area (Å²) in [6.45, 7) is -2.56. The van der Waals surface area contributed by atoms with E-state index in [0.29, 0.717) is 19.3 Å². The fourth-order valence-electron chi connectivity index (χ4n) is 2.05. The second kappa shape index (κ2) is 8.93. The standard InChI is InChI=1S/C13H20F6O3/c14-12(15,16)7-5-3-1-2-4-6-10-8-20-11(22-10)21-9-13(17,18)19/h10-11H,1-9H2. The Bertz CT molecular complexity index is 305. The molecule has 0 spiro atoms. The number of ether oxygens (including phenoxy) is 3. The van der Waals surface area contributed by atoms with Crippen LogP contribution < -0.4 is 0 Å². The van der Waals surface area contributed by atoms with Gasteiger partial charge in [0, 0.05) is 6.42 Å². The van der Waals surface area contributed by atoms with Crippen molar-refractivity contribution in [3.8, 4) is 0 Å². The van der Waals surface area contributed by atoms with Crippen LogP contribution in [0.3, 0.4) is 0 Å². The van der Waals surface area contributed by atoms with E-state index < -0.39 is 31.9 Å². The van der Waals surface area contributed by atoms with Crippen molar-refractivity contribution in [3.63, 3.8) is 0 Å². The van der Waals surface area contributed by atoms with Crippen molar-refractivity contribution in [2.24, 2.45) is 0 Å². The van der Waals surface area contributed by atoms with Crippen molar-refractivity contribution in [1.29, 1.82) is 0 Å². The highest BCUT2D eigenvalue weighted by molar-refractivity contribution is 4.63. The minimum atomic E-state index is -4.43. The van der Waals surface area contributed by atoms with Gasteiger partial charge in [0.1, 0.15) is 6.61 Å². The molecule has 0 amide bonds. The Morgan fingerprint density at radius 3 is 2.14 bits per heavy atom. The molecule has 0 aromatic carbocycles. The summed E-state index contributed by atoms with van der Waals surface area (Å²) in [4.78, 5) is 0. The summed E-state index contributed by atoms with van der Waals surface area (Å²) < 4.78 is 85.9. The van der Waals surface area contributed by atoms with Gasteiger partial charge in [-0.2, -0.15) is 26.3 Å². The van der Waals surface area contributed by atoms with Crippen LogP contribution in [0.25, 0.3) is 0 Å². The van der Waals surface area contributed by atoms with Crippen LogP contribution >= 0.6 is 0 Å². The van der Waals surface area contributed by atoms with E-state index in [2.05, 4.69) is 4.74 Å². The van der Waals surface area contributed by atoms with Crippen LogP contribution in [0.4, 0.5) is 26.3 Å². The molecule has 1 aliphatic heterocycles. The van der Waals surface area contributed by atoms with Crippen molar-refractivity contribution in [2.75, 3.05) is 13.2 Å². The highest BCUT2D eigenvalue weighted by atomic mass is 19.4. The SMILES string of the molecule is FC(F)(F)CCCCCCCC1COC(OCC(F)(F)F)O1. The monoisotopic (exact) mass is 338 g/mol. The van der Waals surface area contributed by atoms with Crippen molar-refractivity contribution < 1.29 is 40.6 Å². The molecule has 0 saturated carbocycles. The summed E-state index contributed by atoms with van der Waals surface area (Å²) in [6.07, 6.45) is -6.21. The molecule has 0 aliphatic carbocycles. The van der Waals surface area contributed by atoms with Crippen molar-refractivity contribution in [1.82, 2.24) is 0 Å². The first-order chi connectivity index (χ1) is 10.2. The zero-order valence-corrected chi connectivity index (χ0v) is 12.0. The van der Waals surface area contributed by atoms with Crippen LogP contribution in [-0.2, 0) is 14.2 Å². The number of hydrogen-bond donors (Lipinski definition) is 0. The van der Waals surface area contributed by atoms with Gasteiger partial charge in [-0.1, -0.05) is 25.7 Å². The summed E-state index contributed by atoms with van der Waals surface area (Å²) in [7, 11) is 0. The molecule has 1 fully saturated rings. The van der Waals surface area contributed by atoms with Gasteiger partial charge in [0.15, 0.2) is 0 Å². The lowest BCUT2D eigenvalue weighted by Crippen LogP contribution is -2.24. The average Bonchev–Trinajstić information content (AvgIpc) is 2.81. The first-order valence-electron chi connectivity index (χ1n) is 7.18. The van der Waals surface area contributed by atoms with Gasteiger partial charge in [0.05, 0.1) is 12.7 Å². The Morgan fingerprint density at radius 1 is 0.864 bits per heavy atom. The van der Waals surface area contributed by atoms with Crippen LogP contribution in [0.1, 0.15) is 44.9 Å². The van der Waals surface area contributed by atoms with Gasteiger partial charge in [-0.25, -0.2) is 0 Å². The Labute approximate surface area is 124 Å². The maximum atomic E-state index is 11.9. The van der Waals surface area contributed by atoms with E-state index in [9.17, 15) is 26.3 Å². The minimum Gasteiger partial charge on any atom is -0.327 e. The Morgan fingerprint density at radius 2 is 1.50 bits per heavy atom. The van der Waals surface area contributed by atoms with Gasteiger partial charge < -0.3 is 14.2 Å². The second-order valence-corrected chi connectivity index (χ2v) is 5.23. The maximum absolute atomic E-state index is 11.9. The Kier molecular flexibility index (Phi) is 7.92. The number of alkyl halides is 6. The molecule has 0 aromatic heterocycles. The Hall–Kier alpha value is -0.540. The maximum Gasteiger partial charge on any atom is 0.411 e. The zero-order chi connectivity index (χ0) is 16.6. The number of halogens is 6. The molecular weight excluding hydrogens is 318 g/mol. The summed E-state index contributed by atoms with van der Waals surface area (Å²) in [5, 5.41) is 0. The first kappa shape index (κ1) is 19.5. The summed E-state index contributed by atoms with van der Waals surface area (Å²) in [5.74, 6) is 0. The van der Waals surface area contributed by atoms with E-state index in [0.717, 1.165) is 12.8 Å². The van der Waals surface area contributed by atoms with Crippen LogP contribution in [0, 0.1) is 0 Å². The topological polar surface area (TPSA) is 27.7 Å². The molecule has 2 unspecified atom stereocenters. The predicted octanol–water partition coefficient (Wildman–Crippen LogP) is 4.56. The number of rotatable bonds is 9. The molecule has 132 valence electrons. The lowest BCUT2D eigenvalue weighted by atomic mass is 10.1. The molecule has 3 nitrogen and oxygen atoms in total. The smallest absolute Gasteiger partial charge is 0.327 e. The lowest BCUT2D eigenvalue weighted by Gasteiger charge is -2.13. The predicted molar refractivity (Wildman–Crippen MR) is 65.0 cm³/mol. The number of hydrogen-bond acceptors (Lipinski definition) is 3. The molecular formula is C13H20F6O3. The molecule has 1 aliphatic rings. The van der Waals surface area contributed by atoms with E-state index in [4.69, 9.17) is 9.47 Å². The highest BCUT2D eigenvalue weighted by Gasteiger charge is 2.33. The van der Waals surface area contributed by atoms with Crippen molar-refractivity contribution >= 4 is 0 Å². The molecule has 0 aromatic rings. The second-order valence-electron chi connectivity index (χ2n) is 5.23. The summed E-state index contributed by atoms with van der Waals surface area (Å²) in [5.41, 5.74) is 0. The molecule has 2 atom stereocenters. The average molecular weight is 338 g/mol. The van der Waals surface area contributed by atoms with Crippen molar-refractivity contribution in [2.45, 2.75) is 69.9 Å². The van der Waals surface area contributed by atoms with E-state index in [1.54, 1.807) is 0 Å².